The highest BCUT2D eigenvalue weighted by Gasteiger charge is 2.13. The first kappa shape index (κ1) is 14.4. The monoisotopic (exact) mass is 270 g/mol. The summed E-state index contributed by atoms with van der Waals surface area (Å²) < 4.78 is 0. The molecule has 0 unspecified atom stereocenters. The van der Waals surface area contributed by atoms with E-state index in [1.54, 1.807) is 6.07 Å². The van der Waals surface area contributed by atoms with E-state index in [1.165, 1.54) is 12.1 Å². The largest absolute Gasteiger partial charge is 0.326 e. The van der Waals surface area contributed by atoms with Crippen LogP contribution in [0.15, 0.2) is 18.2 Å². The Morgan fingerprint density at radius 3 is 2.72 bits per heavy atom. The Labute approximate surface area is 110 Å². The summed E-state index contributed by atoms with van der Waals surface area (Å²) in [5, 5.41) is 13.4. The van der Waals surface area contributed by atoms with Crippen LogP contribution >= 0.6 is 11.6 Å². The van der Waals surface area contributed by atoms with Gasteiger partial charge in [0, 0.05) is 18.2 Å². The molecule has 5 nitrogen and oxygen atoms in total. The van der Waals surface area contributed by atoms with Crippen molar-refractivity contribution in [3.8, 4) is 0 Å². The molecule has 0 aliphatic rings. The molecule has 0 aliphatic carbocycles. The molecule has 1 aromatic rings. The molecule has 1 aromatic carbocycles. The molecular formula is C12H15ClN2O3. The third-order valence-corrected chi connectivity index (χ3v) is 2.69. The SMILES string of the molecule is CC(C)CCC(=O)Nc1ccc(Cl)c([N+](=O)[O-])c1. The van der Waals surface area contributed by atoms with Crippen molar-refractivity contribution in [3.63, 3.8) is 0 Å². The summed E-state index contributed by atoms with van der Waals surface area (Å²) in [7, 11) is 0. The fourth-order valence-corrected chi connectivity index (χ4v) is 1.56. The number of hydrogen-bond donors (Lipinski definition) is 1. The highest BCUT2D eigenvalue weighted by Crippen LogP contribution is 2.27. The zero-order valence-electron chi connectivity index (χ0n) is 10.3. The van der Waals surface area contributed by atoms with Gasteiger partial charge in [-0.3, -0.25) is 14.9 Å². The molecule has 6 heteroatoms. The Hall–Kier alpha value is -1.62. The Morgan fingerprint density at radius 1 is 1.50 bits per heavy atom. The lowest BCUT2D eigenvalue weighted by Gasteiger charge is -2.07. The second-order valence-corrected chi connectivity index (χ2v) is 4.81. The van der Waals surface area contributed by atoms with E-state index in [9.17, 15) is 14.9 Å². The summed E-state index contributed by atoms with van der Waals surface area (Å²) in [4.78, 5) is 21.7. The van der Waals surface area contributed by atoms with Crippen LogP contribution in [0.1, 0.15) is 26.7 Å². The minimum absolute atomic E-state index is 0.0557. The Kier molecular flexibility index (Phi) is 5.09. The highest BCUT2D eigenvalue weighted by atomic mass is 35.5. The summed E-state index contributed by atoms with van der Waals surface area (Å²) >= 11 is 5.68. The van der Waals surface area contributed by atoms with Crippen LogP contribution < -0.4 is 5.32 Å². The van der Waals surface area contributed by atoms with E-state index in [1.807, 2.05) is 13.8 Å². The lowest BCUT2D eigenvalue weighted by atomic mass is 10.1. The summed E-state index contributed by atoms with van der Waals surface area (Å²) in [6.07, 6.45) is 1.18. The predicted octanol–water partition coefficient (Wildman–Crippen LogP) is 3.62. The first-order chi connectivity index (χ1) is 8.40. The number of hydrogen-bond acceptors (Lipinski definition) is 3. The molecule has 1 rings (SSSR count). The fourth-order valence-electron chi connectivity index (χ4n) is 1.37. The van der Waals surface area contributed by atoms with Gasteiger partial charge in [0.25, 0.3) is 5.69 Å². The third-order valence-electron chi connectivity index (χ3n) is 2.38. The normalized spacial score (nSPS) is 10.4. The van der Waals surface area contributed by atoms with Crippen molar-refractivity contribution in [1.82, 2.24) is 0 Å². The number of nitro groups is 1. The van der Waals surface area contributed by atoms with E-state index in [0.717, 1.165) is 6.42 Å². The van der Waals surface area contributed by atoms with E-state index in [4.69, 9.17) is 11.6 Å². The standard InChI is InChI=1S/C12H15ClN2O3/c1-8(2)3-6-12(16)14-9-4-5-10(13)11(7-9)15(17)18/h4-5,7-8H,3,6H2,1-2H3,(H,14,16). The highest BCUT2D eigenvalue weighted by molar-refractivity contribution is 6.32. The lowest BCUT2D eigenvalue weighted by Crippen LogP contribution is -2.12. The number of rotatable bonds is 5. The third kappa shape index (κ3) is 4.33. The van der Waals surface area contributed by atoms with Gasteiger partial charge in [0.1, 0.15) is 5.02 Å². The Bertz CT molecular complexity index is 461. The second-order valence-electron chi connectivity index (χ2n) is 4.40. The second kappa shape index (κ2) is 6.35. The van der Waals surface area contributed by atoms with Gasteiger partial charge in [0.15, 0.2) is 0 Å². The average molecular weight is 271 g/mol. The van der Waals surface area contributed by atoms with Crippen molar-refractivity contribution >= 4 is 28.9 Å². The zero-order valence-corrected chi connectivity index (χ0v) is 11.0. The number of nitrogens with one attached hydrogen (secondary N) is 1. The molecule has 0 saturated carbocycles. The fraction of sp³-hybridized carbons (Fsp3) is 0.417. The minimum Gasteiger partial charge on any atom is -0.326 e. The smallest absolute Gasteiger partial charge is 0.289 e. The van der Waals surface area contributed by atoms with Gasteiger partial charge in [-0.05, 0) is 24.5 Å². The van der Waals surface area contributed by atoms with Gasteiger partial charge in [-0.2, -0.15) is 0 Å². The molecule has 0 aromatic heterocycles. The van der Waals surface area contributed by atoms with Gasteiger partial charge in [0.05, 0.1) is 4.92 Å². The molecule has 1 amide bonds. The summed E-state index contributed by atoms with van der Waals surface area (Å²) in [5.41, 5.74) is 0.179. The van der Waals surface area contributed by atoms with E-state index < -0.39 is 4.92 Å². The van der Waals surface area contributed by atoms with E-state index in [2.05, 4.69) is 5.32 Å². The Balaban J connectivity index is 2.70. The molecular weight excluding hydrogens is 256 g/mol. The number of carbonyl (C=O) groups is 1. The lowest BCUT2D eigenvalue weighted by molar-refractivity contribution is -0.384. The van der Waals surface area contributed by atoms with Crippen molar-refractivity contribution in [3.05, 3.63) is 33.3 Å². The molecule has 0 fully saturated rings. The van der Waals surface area contributed by atoms with Gasteiger partial charge in [-0.25, -0.2) is 0 Å². The molecule has 0 aliphatic heterocycles. The van der Waals surface area contributed by atoms with E-state index in [-0.39, 0.29) is 16.6 Å². The quantitative estimate of drug-likeness (QED) is 0.656. The maximum Gasteiger partial charge on any atom is 0.289 e. The first-order valence-electron chi connectivity index (χ1n) is 5.64. The number of anilines is 1. The molecule has 0 heterocycles. The topological polar surface area (TPSA) is 72.2 Å². The number of amides is 1. The molecule has 0 spiro atoms. The van der Waals surface area contributed by atoms with Crippen LogP contribution in [0.5, 0.6) is 0 Å². The van der Waals surface area contributed by atoms with Gasteiger partial charge >= 0.3 is 0 Å². The van der Waals surface area contributed by atoms with Crippen LogP contribution in [-0.4, -0.2) is 10.8 Å². The van der Waals surface area contributed by atoms with Crippen LogP contribution in [-0.2, 0) is 4.79 Å². The summed E-state index contributed by atoms with van der Waals surface area (Å²) in [6, 6.07) is 4.20. The van der Waals surface area contributed by atoms with Crippen LogP contribution in [0, 0.1) is 16.0 Å². The van der Waals surface area contributed by atoms with Crippen LogP contribution in [0.25, 0.3) is 0 Å². The van der Waals surface area contributed by atoms with Gasteiger partial charge in [0.2, 0.25) is 5.91 Å². The number of nitrogens with zero attached hydrogens (tertiary/aromatic N) is 1. The Morgan fingerprint density at radius 2 is 2.17 bits per heavy atom. The summed E-state index contributed by atoms with van der Waals surface area (Å²) in [6.45, 7) is 4.06. The van der Waals surface area contributed by atoms with Gasteiger partial charge in [-0.15, -0.1) is 0 Å². The predicted molar refractivity (Wildman–Crippen MR) is 70.8 cm³/mol. The van der Waals surface area contributed by atoms with Crippen molar-refractivity contribution in [1.29, 1.82) is 0 Å². The van der Waals surface area contributed by atoms with E-state index >= 15 is 0 Å². The van der Waals surface area contributed by atoms with Crippen LogP contribution in [0.4, 0.5) is 11.4 Å². The molecule has 98 valence electrons. The zero-order chi connectivity index (χ0) is 13.7. The number of halogens is 1. The van der Waals surface area contributed by atoms with Crippen molar-refractivity contribution in [2.75, 3.05) is 5.32 Å². The molecule has 0 atom stereocenters. The van der Waals surface area contributed by atoms with Gasteiger partial charge < -0.3 is 5.32 Å². The number of benzene rings is 1. The molecule has 0 bridgehead atoms. The molecule has 1 N–H and O–H groups in total. The summed E-state index contributed by atoms with van der Waals surface area (Å²) in [5.74, 6) is 0.288. The van der Waals surface area contributed by atoms with Crippen LogP contribution in [0.2, 0.25) is 5.02 Å². The molecule has 0 saturated heterocycles. The number of carbonyl (C=O) groups excluding carboxylic acids is 1. The van der Waals surface area contributed by atoms with Crippen molar-refractivity contribution in [2.24, 2.45) is 5.92 Å². The maximum absolute atomic E-state index is 11.6. The maximum atomic E-state index is 11.6. The molecule has 0 radical (unpaired) electrons. The van der Waals surface area contributed by atoms with Gasteiger partial charge in [-0.1, -0.05) is 25.4 Å². The first-order valence-corrected chi connectivity index (χ1v) is 6.01. The van der Waals surface area contributed by atoms with Crippen molar-refractivity contribution in [2.45, 2.75) is 26.7 Å². The minimum atomic E-state index is -0.577. The van der Waals surface area contributed by atoms with E-state index in [0.29, 0.717) is 18.0 Å². The average Bonchev–Trinajstić information content (AvgIpc) is 2.28. The van der Waals surface area contributed by atoms with Crippen LogP contribution in [0.3, 0.4) is 0 Å². The van der Waals surface area contributed by atoms with Crippen molar-refractivity contribution < 1.29 is 9.72 Å². The number of nitro benzene ring substituents is 1. The molecule has 18 heavy (non-hydrogen) atoms.